The zero-order valence-electron chi connectivity index (χ0n) is 24.2. The minimum absolute atomic E-state index is 0.807. The lowest BCUT2D eigenvalue weighted by Crippen LogP contribution is -2.16. The Morgan fingerprint density at radius 1 is 0.500 bits per heavy atom. The van der Waals surface area contributed by atoms with Crippen LogP contribution in [0.4, 0.5) is 34.6 Å². The second-order valence-electron chi connectivity index (χ2n) is 9.36. The number of rotatable bonds is 6. The summed E-state index contributed by atoms with van der Waals surface area (Å²) in [5, 5.41) is 3.08. The van der Waals surface area contributed by atoms with Gasteiger partial charge in [0, 0.05) is 48.9 Å². The average Bonchev–Trinajstić information content (AvgIpc) is 3.12. The minimum atomic E-state index is 0.807. The smallest absolute Gasteiger partial charge is 0.138 e. The number of para-hydroxylation sites is 2. The van der Waals surface area contributed by atoms with Crippen LogP contribution in [0.3, 0.4) is 0 Å². The minimum Gasteiger partial charge on any atom is -0.344 e. The van der Waals surface area contributed by atoms with Crippen LogP contribution in [0, 0.1) is 0 Å². The molecule has 7 heteroatoms. The molecule has 1 aliphatic rings. The van der Waals surface area contributed by atoms with Crippen LogP contribution < -0.4 is 15.1 Å². The van der Waals surface area contributed by atoms with Gasteiger partial charge in [-0.2, -0.15) is 0 Å². The van der Waals surface area contributed by atoms with Crippen molar-refractivity contribution in [3.8, 4) is 0 Å². The van der Waals surface area contributed by atoms with Crippen molar-refractivity contribution >= 4 is 34.6 Å². The molecular formula is C37H33N7. The SMILES string of the molecule is C1=CCN(c2ccccc2)C=C1.c1ccc(N(c2ccccn2)c2ccccn2)cc1.c1ccc(Nc2ccccn2)nc1. The fraction of sp³-hybridized carbons (Fsp3) is 0.0270. The van der Waals surface area contributed by atoms with Crippen LogP contribution in [0.2, 0.25) is 0 Å². The molecule has 2 aromatic carbocycles. The van der Waals surface area contributed by atoms with Gasteiger partial charge in [0.2, 0.25) is 0 Å². The maximum Gasteiger partial charge on any atom is 0.138 e. The molecule has 5 heterocycles. The van der Waals surface area contributed by atoms with Gasteiger partial charge in [-0.25, -0.2) is 19.9 Å². The van der Waals surface area contributed by atoms with E-state index in [2.05, 4.69) is 78.8 Å². The highest BCUT2D eigenvalue weighted by Gasteiger charge is 2.13. The van der Waals surface area contributed by atoms with Crippen molar-refractivity contribution in [3.63, 3.8) is 0 Å². The third-order valence-electron chi connectivity index (χ3n) is 6.26. The fourth-order valence-electron chi connectivity index (χ4n) is 4.21. The van der Waals surface area contributed by atoms with E-state index in [-0.39, 0.29) is 0 Å². The van der Waals surface area contributed by atoms with Crippen molar-refractivity contribution in [3.05, 3.63) is 183 Å². The number of allylic oxidation sites excluding steroid dienone is 2. The molecular weight excluding hydrogens is 542 g/mol. The van der Waals surface area contributed by atoms with E-state index in [1.54, 1.807) is 24.8 Å². The zero-order chi connectivity index (χ0) is 30.1. The van der Waals surface area contributed by atoms with Gasteiger partial charge in [-0.15, -0.1) is 0 Å². The number of nitrogens with one attached hydrogen (secondary N) is 1. The molecule has 1 aliphatic heterocycles. The normalized spacial score (nSPS) is 11.3. The van der Waals surface area contributed by atoms with Gasteiger partial charge in [0.15, 0.2) is 0 Å². The summed E-state index contributed by atoms with van der Waals surface area (Å²) in [6.07, 6.45) is 15.4. The lowest BCUT2D eigenvalue weighted by Gasteiger charge is -2.22. The molecule has 6 aromatic rings. The molecule has 0 spiro atoms. The number of hydrogen-bond donors (Lipinski definition) is 1. The second kappa shape index (κ2) is 16.4. The lowest BCUT2D eigenvalue weighted by atomic mass is 10.2. The standard InChI is InChI=1S/C16H13N3.C11H11N.C10H9N3/c1-2-8-14(9-3-1)19(15-10-4-6-12-17-15)16-11-5-7-13-18-16;1-3-7-11(8-4-1)12-9-5-2-6-10-12;1-3-7-11-9(5-1)13-10-6-2-4-8-12-10/h1-13H;1-9H,10H2;1-8H,(H,11,12,13). The summed E-state index contributed by atoms with van der Waals surface area (Å²) in [4.78, 5) is 21.3. The Morgan fingerprint density at radius 2 is 1.00 bits per heavy atom. The molecule has 0 aliphatic carbocycles. The highest BCUT2D eigenvalue weighted by atomic mass is 15.2. The van der Waals surface area contributed by atoms with Crippen LogP contribution in [-0.2, 0) is 0 Å². The Kier molecular flexibility index (Phi) is 11.0. The second-order valence-corrected chi connectivity index (χ2v) is 9.36. The summed E-state index contributed by atoms with van der Waals surface area (Å²) < 4.78 is 0. The first-order chi connectivity index (χ1) is 21.9. The number of pyridine rings is 4. The first-order valence-electron chi connectivity index (χ1n) is 14.3. The number of hydrogen-bond acceptors (Lipinski definition) is 7. The molecule has 0 amide bonds. The summed E-state index contributed by atoms with van der Waals surface area (Å²) in [5.74, 6) is 3.32. The Bertz CT molecular complexity index is 1550. The van der Waals surface area contributed by atoms with Crippen molar-refractivity contribution in [1.29, 1.82) is 0 Å². The van der Waals surface area contributed by atoms with Crippen LogP contribution in [0.25, 0.3) is 0 Å². The van der Waals surface area contributed by atoms with E-state index in [1.165, 1.54) is 5.69 Å². The molecule has 0 saturated heterocycles. The third-order valence-corrected chi connectivity index (χ3v) is 6.26. The first-order valence-corrected chi connectivity index (χ1v) is 14.3. The summed E-state index contributed by atoms with van der Waals surface area (Å²) in [6, 6.07) is 43.6. The molecule has 0 fully saturated rings. The summed E-state index contributed by atoms with van der Waals surface area (Å²) in [5.41, 5.74) is 2.29. The Hall–Kier alpha value is -6.08. The first kappa shape index (κ1) is 29.4. The van der Waals surface area contributed by atoms with E-state index >= 15 is 0 Å². The van der Waals surface area contributed by atoms with Crippen LogP contribution in [-0.4, -0.2) is 26.5 Å². The maximum absolute atomic E-state index is 4.42. The molecule has 7 rings (SSSR count). The summed E-state index contributed by atoms with van der Waals surface area (Å²) in [7, 11) is 0. The largest absolute Gasteiger partial charge is 0.344 e. The zero-order valence-corrected chi connectivity index (χ0v) is 24.2. The molecule has 0 saturated carbocycles. The molecule has 0 atom stereocenters. The highest BCUT2D eigenvalue weighted by Crippen LogP contribution is 2.30. The molecule has 7 nitrogen and oxygen atoms in total. The number of nitrogens with zero attached hydrogens (tertiary/aromatic N) is 6. The van der Waals surface area contributed by atoms with Gasteiger partial charge in [0.1, 0.15) is 23.3 Å². The van der Waals surface area contributed by atoms with Crippen molar-refractivity contribution in [2.45, 2.75) is 0 Å². The van der Waals surface area contributed by atoms with Crippen molar-refractivity contribution < 1.29 is 0 Å². The molecule has 4 aromatic heterocycles. The summed E-state index contributed by atoms with van der Waals surface area (Å²) >= 11 is 0. The summed E-state index contributed by atoms with van der Waals surface area (Å²) in [6.45, 7) is 0.973. The molecule has 216 valence electrons. The fourth-order valence-corrected chi connectivity index (χ4v) is 4.21. The van der Waals surface area contributed by atoms with Crippen molar-refractivity contribution in [1.82, 2.24) is 19.9 Å². The van der Waals surface area contributed by atoms with Crippen molar-refractivity contribution in [2.75, 3.05) is 21.7 Å². The van der Waals surface area contributed by atoms with Crippen LogP contribution >= 0.6 is 0 Å². The molecule has 0 bridgehead atoms. The van der Waals surface area contributed by atoms with E-state index in [0.717, 1.165) is 35.5 Å². The van der Waals surface area contributed by atoms with E-state index in [4.69, 9.17) is 0 Å². The van der Waals surface area contributed by atoms with Gasteiger partial charge in [0.25, 0.3) is 0 Å². The van der Waals surface area contributed by atoms with Gasteiger partial charge < -0.3 is 10.2 Å². The van der Waals surface area contributed by atoms with Crippen LogP contribution in [0.1, 0.15) is 0 Å². The van der Waals surface area contributed by atoms with Crippen LogP contribution in [0.15, 0.2) is 183 Å². The predicted octanol–water partition coefficient (Wildman–Crippen LogP) is 8.74. The van der Waals surface area contributed by atoms with Crippen LogP contribution in [0.5, 0.6) is 0 Å². The van der Waals surface area contributed by atoms with Gasteiger partial charge in [-0.3, -0.25) is 4.90 Å². The highest BCUT2D eigenvalue weighted by molar-refractivity contribution is 5.71. The maximum atomic E-state index is 4.42. The van der Waals surface area contributed by atoms with E-state index in [1.807, 2.05) is 114 Å². The van der Waals surface area contributed by atoms with E-state index < -0.39 is 0 Å². The molecule has 1 N–H and O–H groups in total. The van der Waals surface area contributed by atoms with Gasteiger partial charge in [-0.05, 0) is 78.9 Å². The third kappa shape index (κ3) is 8.96. The number of anilines is 6. The Labute approximate surface area is 258 Å². The Morgan fingerprint density at radius 3 is 1.45 bits per heavy atom. The number of benzene rings is 2. The predicted molar refractivity (Wildman–Crippen MR) is 181 cm³/mol. The lowest BCUT2D eigenvalue weighted by molar-refractivity contribution is 1.07. The molecule has 0 radical (unpaired) electrons. The topological polar surface area (TPSA) is 70.1 Å². The quantitative estimate of drug-likeness (QED) is 0.213. The van der Waals surface area contributed by atoms with Crippen molar-refractivity contribution in [2.24, 2.45) is 0 Å². The number of aromatic nitrogens is 4. The van der Waals surface area contributed by atoms with Gasteiger partial charge >= 0.3 is 0 Å². The molecule has 0 unspecified atom stereocenters. The van der Waals surface area contributed by atoms with Gasteiger partial charge in [-0.1, -0.05) is 72.8 Å². The van der Waals surface area contributed by atoms with Gasteiger partial charge in [0.05, 0.1) is 0 Å². The molecule has 44 heavy (non-hydrogen) atoms. The Balaban J connectivity index is 0.000000136. The average molecular weight is 576 g/mol. The van der Waals surface area contributed by atoms with E-state index in [0.29, 0.717) is 0 Å². The monoisotopic (exact) mass is 575 g/mol. The van der Waals surface area contributed by atoms with E-state index in [9.17, 15) is 0 Å².